The van der Waals surface area contributed by atoms with Crippen molar-refractivity contribution >= 4 is 17.6 Å². The predicted octanol–water partition coefficient (Wildman–Crippen LogP) is 4.11. The van der Waals surface area contributed by atoms with Gasteiger partial charge in [0.15, 0.2) is 5.69 Å². The minimum absolute atomic E-state index is 0.205. The summed E-state index contributed by atoms with van der Waals surface area (Å²) in [6, 6.07) is 16.7. The van der Waals surface area contributed by atoms with E-state index in [0.717, 1.165) is 43.3 Å². The Kier molecular flexibility index (Phi) is 7.68. The molecule has 0 unspecified atom stereocenters. The number of hydrogen-bond donors (Lipinski definition) is 2. The number of carboxylic acid groups (broad SMARTS) is 1. The van der Waals surface area contributed by atoms with Gasteiger partial charge in [-0.1, -0.05) is 35.9 Å². The van der Waals surface area contributed by atoms with Gasteiger partial charge >= 0.3 is 12.1 Å². The number of aliphatic carboxylic acids is 1. The van der Waals surface area contributed by atoms with E-state index in [-0.39, 0.29) is 5.91 Å². The molecule has 1 aromatic heterocycles. The maximum atomic E-state index is 12.9. The molecule has 11 heteroatoms. The highest BCUT2D eigenvalue weighted by Crippen LogP contribution is 2.28. The van der Waals surface area contributed by atoms with Gasteiger partial charge in [0.25, 0.3) is 5.91 Å². The summed E-state index contributed by atoms with van der Waals surface area (Å²) >= 11 is 0. The van der Waals surface area contributed by atoms with Crippen molar-refractivity contribution in [1.82, 2.24) is 19.9 Å². The highest BCUT2D eigenvalue weighted by atomic mass is 19.4. The number of alkyl halides is 3. The number of amides is 1. The molecular weight excluding hydrogens is 475 g/mol. The Morgan fingerprint density at radius 1 is 1.00 bits per heavy atom. The maximum Gasteiger partial charge on any atom is 0.490 e. The molecule has 0 radical (unpaired) electrons. The van der Waals surface area contributed by atoms with Crippen molar-refractivity contribution < 1.29 is 27.9 Å². The molecule has 1 fully saturated rings. The Morgan fingerprint density at radius 3 is 2.28 bits per heavy atom. The van der Waals surface area contributed by atoms with Crippen molar-refractivity contribution in [2.75, 3.05) is 18.4 Å². The molecule has 0 atom stereocenters. The van der Waals surface area contributed by atoms with Gasteiger partial charge in [0.05, 0.1) is 11.9 Å². The number of aromatic nitrogens is 3. The van der Waals surface area contributed by atoms with Gasteiger partial charge in [-0.3, -0.25) is 9.69 Å². The number of fused-ring (bicyclic) bond motifs is 1. The number of benzene rings is 2. The number of rotatable bonds is 4. The number of carboxylic acids is 1. The van der Waals surface area contributed by atoms with Crippen LogP contribution in [0.2, 0.25) is 0 Å². The van der Waals surface area contributed by atoms with Crippen LogP contribution in [0.25, 0.3) is 5.69 Å². The number of carbonyl (C=O) groups excluding carboxylic acids is 1. The van der Waals surface area contributed by atoms with Crippen molar-refractivity contribution in [3.8, 4) is 5.69 Å². The monoisotopic (exact) mass is 501 g/mol. The van der Waals surface area contributed by atoms with Crippen molar-refractivity contribution in [2.45, 2.75) is 44.3 Å². The van der Waals surface area contributed by atoms with E-state index >= 15 is 0 Å². The van der Waals surface area contributed by atoms with Crippen LogP contribution >= 0.6 is 0 Å². The smallest absolute Gasteiger partial charge is 0.475 e. The summed E-state index contributed by atoms with van der Waals surface area (Å²) < 4.78 is 33.3. The summed E-state index contributed by atoms with van der Waals surface area (Å²) in [5, 5.41) is 18.2. The zero-order chi connectivity index (χ0) is 25.7. The first-order valence-corrected chi connectivity index (χ1v) is 11.7. The molecule has 1 aliphatic heterocycles. The van der Waals surface area contributed by atoms with Crippen LogP contribution in [0.15, 0.2) is 54.7 Å². The first-order chi connectivity index (χ1) is 17.2. The third-order valence-electron chi connectivity index (χ3n) is 6.42. The molecule has 5 rings (SSSR count). The molecule has 2 aromatic carbocycles. The normalized spacial score (nSPS) is 16.1. The highest BCUT2D eigenvalue weighted by molar-refractivity contribution is 6.03. The van der Waals surface area contributed by atoms with Gasteiger partial charge in [-0.25, -0.2) is 9.48 Å². The van der Waals surface area contributed by atoms with Gasteiger partial charge in [-0.15, -0.1) is 5.10 Å². The zero-order valence-corrected chi connectivity index (χ0v) is 19.4. The number of anilines is 1. The summed E-state index contributed by atoms with van der Waals surface area (Å²) in [4.78, 5) is 24.4. The molecule has 1 amide bonds. The number of hydrogen-bond acceptors (Lipinski definition) is 5. The quantitative estimate of drug-likeness (QED) is 0.558. The van der Waals surface area contributed by atoms with Crippen LogP contribution in [-0.4, -0.2) is 62.2 Å². The van der Waals surface area contributed by atoms with Gasteiger partial charge < -0.3 is 10.4 Å². The number of carbonyl (C=O) groups is 2. The fraction of sp³-hybridized carbons (Fsp3) is 0.360. The van der Waals surface area contributed by atoms with E-state index in [1.165, 1.54) is 36.6 Å². The molecule has 0 bridgehead atoms. The zero-order valence-electron chi connectivity index (χ0n) is 19.4. The summed E-state index contributed by atoms with van der Waals surface area (Å²) in [7, 11) is 0. The Labute approximate surface area is 205 Å². The third kappa shape index (κ3) is 6.09. The number of nitrogens with one attached hydrogen (secondary N) is 1. The average Bonchev–Trinajstić information content (AvgIpc) is 3.22. The highest BCUT2D eigenvalue weighted by Gasteiger charge is 2.38. The topological polar surface area (TPSA) is 100 Å². The summed E-state index contributed by atoms with van der Waals surface area (Å²) in [6.45, 7) is 2.26. The number of para-hydroxylation sites is 1. The molecule has 1 aliphatic carbocycles. The van der Waals surface area contributed by atoms with E-state index in [4.69, 9.17) is 9.90 Å². The summed E-state index contributed by atoms with van der Waals surface area (Å²) in [6.07, 6.45) is 2.62. The molecule has 190 valence electrons. The molecule has 2 aliphatic rings. The summed E-state index contributed by atoms with van der Waals surface area (Å²) in [5.74, 6) is -2.96. The lowest BCUT2D eigenvalue weighted by Crippen LogP contribution is -2.41. The third-order valence-corrected chi connectivity index (χ3v) is 6.42. The van der Waals surface area contributed by atoms with Gasteiger partial charge in [0, 0.05) is 24.8 Å². The van der Waals surface area contributed by atoms with Crippen molar-refractivity contribution in [2.24, 2.45) is 0 Å². The Hall–Kier alpha value is -3.73. The number of nitrogens with zero attached hydrogens (tertiary/aromatic N) is 4. The molecule has 8 nitrogen and oxygen atoms in total. The molecule has 1 saturated carbocycles. The van der Waals surface area contributed by atoms with Crippen molar-refractivity contribution in [1.29, 1.82) is 0 Å². The van der Waals surface area contributed by atoms with Gasteiger partial charge in [0.2, 0.25) is 0 Å². The molecule has 2 heterocycles. The molecule has 2 N–H and O–H groups in total. The second-order valence-electron chi connectivity index (χ2n) is 8.73. The molecule has 36 heavy (non-hydrogen) atoms. The van der Waals surface area contributed by atoms with Crippen LogP contribution in [-0.2, 0) is 17.6 Å². The lowest BCUT2D eigenvalue weighted by Gasteiger charge is -2.36. The average molecular weight is 502 g/mol. The lowest BCUT2D eigenvalue weighted by molar-refractivity contribution is -0.192. The van der Waals surface area contributed by atoms with Crippen molar-refractivity contribution in [3.63, 3.8) is 0 Å². The van der Waals surface area contributed by atoms with Crippen LogP contribution in [0, 0.1) is 0 Å². The van der Waals surface area contributed by atoms with Gasteiger partial charge in [-0.2, -0.15) is 13.2 Å². The van der Waals surface area contributed by atoms with Gasteiger partial charge in [-0.05, 0) is 61.1 Å². The first-order valence-electron chi connectivity index (χ1n) is 11.7. The second kappa shape index (κ2) is 10.9. The van der Waals surface area contributed by atoms with E-state index in [0.29, 0.717) is 5.69 Å². The largest absolute Gasteiger partial charge is 0.490 e. The van der Waals surface area contributed by atoms with E-state index in [1.807, 2.05) is 36.4 Å². The number of halogens is 3. The maximum absolute atomic E-state index is 12.9. The minimum atomic E-state index is -5.08. The fourth-order valence-electron chi connectivity index (χ4n) is 4.28. The molecular formula is C25H26F3N5O3. The van der Waals surface area contributed by atoms with E-state index < -0.39 is 12.1 Å². The lowest BCUT2D eigenvalue weighted by atomic mass is 9.91. The predicted molar refractivity (Wildman–Crippen MR) is 126 cm³/mol. The van der Waals surface area contributed by atoms with Crippen molar-refractivity contribution in [3.05, 3.63) is 71.5 Å². The second-order valence-corrected chi connectivity index (χ2v) is 8.73. The van der Waals surface area contributed by atoms with Crippen LogP contribution in [0.1, 0.15) is 40.9 Å². The van der Waals surface area contributed by atoms with E-state index in [1.54, 1.807) is 4.68 Å². The Bertz CT molecular complexity index is 1210. The molecule has 0 saturated heterocycles. The van der Waals surface area contributed by atoms with Crippen LogP contribution in [0.5, 0.6) is 0 Å². The van der Waals surface area contributed by atoms with E-state index in [9.17, 15) is 18.0 Å². The summed E-state index contributed by atoms with van der Waals surface area (Å²) in [5.41, 5.74) is 4.81. The minimum Gasteiger partial charge on any atom is -0.475 e. The first kappa shape index (κ1) is 25.4. The fourth-order valence-corrected chi connectivity index (χ4v) is 4.28. The standard InChI is InChI=1S/C23H25N5O.C2HF3O2/c29-23(22-16-24-26-28(22)21-5-2-1-3-6-21)25-19-10-9-17-11-13-27(20-7-4-8-20)14-12-18(17)15-19;3-2(4,5)1(6)7/h1-3,5-6,9-10,15-16,20H,4,7-8,11-14H2,(H,25,29);(H,6,7). The molecule has 3 aromatic rings. The molecule has 0 spiro atoms. The Morgan fingerprint density at radius 2 is 1.67 bits per heavy atom. The van der Waals surface area contributed by atoms with Crippen LogP contribution in [0.4, 0.5) is 18.9 Å². The van der Waals surface area contributed by atoms with Crippen LogP contribution in [0.3, 0.4) is 0 Å². The SMILES string of the molecule is O=C(Nc1ccc2c(c1)CCN(C1CCC1)CC2)c1cnnn1-c1ccccc1.O=C(O)C(F)(F)F. The van der Waals surface area contributed by atoms with E-state index in [2.05, 4.69) is 32.7 Å². The van der Waals surface area contributed by atoms with Crippen LogP contribution < -0.4 is 5.32 Å². The Balaban J connectivity index is 0.000000384. The van der Waals surface area contributed by atoms with Gasteiger partial charge in [0.1, 0.15) is 0 Å².